The largest absolute Gasteiger partial charge is 0.391 e. The summed E-state index contributed by atoms with van der Waals surface area (Å²) in [4.78, 5) is 8.05. The zero-order chi connectivity index (χ0) is 18.6. The molecule has 2 heterocycles. The molecule has 2 aromatic heterocycles. The van der Waals surface area contributed by atoms with Gasteiger partial charge < -0.3 is 15.0 Å². The maximum atomic E-state index is 14.5. The molecule has 2 N–H and O–H groups in total. The Balaban J connectivity index is 1.36. The van der Waals surface area contributed by atoms with Gasteiger partial charge in [0.1, 0.15) is 5.82 Å². The maximum Gasteiger partial charge on any atom is 0.128 e. The molecule has 3 aromatic rings. The molecule has 1 saturated carbocycles. The van der Waals surface area contributed by atoms with Crippen molar-refractivity contribution in [2.24, 2.45) is 5.92 Å². The van der Waals surface area contributed by atoms with E-state index in [0.717, 1.165) is 30.5 Å². The Hall–Kier alpha value is -2.57. The highest BCUT2D eigenvalue weighted by Gasteiger charge is 2.32. The average molecular weight is 366 g/mol. The smallest absolute Gasteiger partial charge is 0.128 e. The van der Waals surface area contributed by atoms with E-state index >= 15 is 0 Å². The molecule has 5 nitrogen and oxygen atoms in total. The first-order valence-corrected chi connectivity index (χ1v) is 9.25. The first-order valence-electron chi connectivity index (χ1n) is 9.25. The van der Waals surface area contributed by atoms with Gasteiger partial charge in [-0.1, -0.05) is 12.1 Å². The van der Waals surface area contributed by atoms with Crippen molar-refractivity contribution >= 4 is 0 Å². The number of benzene rings is 1. The number of aliphatic hydroxyl groups is 1. The molecule has 0 spiro atoms. The quantitative estimate of drug-likeness (QED) is 0.704. The van der Waals surface area contributed by atoms with E-state index < -0.39 is 6.10 Å². The van der Waals surface area contributed by atoms with Gasteiger partial charge in [-0.05, 0) is 48.1 Å². The Morgan fingerprint density at radius 2 is 1.93 bits per heavy atom. The van der Waals surface area contributed by atoms with E-state index in [1.807, 2.05) is 35.0 Å². The Morgan fingerprint density at radius 3 is 2.67 bits per heavy atom. The molecule has 1 aliphatic rings. The molecule has 1 fully saturated rings. The van der Waals surface area contributed by atoms with Gasteiger partial charge in [-0.2, -0.15) is 0 Å². The zero-order valence-electron chi connectivity index (χ0n) is 15.0. The van der Waals surface area contributed by atoms with Crippen LogP contribution in [-0.2, 0) is 13.1 Å². The van der Waals surface area contributed by atoms with Gasteiger partial charge in [-0.15, -0.1) is 0 Å². The lowest BCUT2D eigenvalue weighted by molar-refractivity contribution is 0.145. The van der Waals surface area contributed by atoms with Crippen LogP contribution in [0.4, 0.5) is 4.39 Å². The van der Waals surface area contributed by atoms with Crippen LogP contribution in [-0.4, -0.2) is 31.8 Å². The van der Waals surface area contributed by atoms with Crippen molar-refractivity contribution in [1.82, 2.24) is 19.9 Å². The Bertz CT molecular complexity index is 869. The predicted octanol–water partition coefficient (Wildman–Crippen LogP) is 3.01. The van der Waals surface area contributed by atoms with E-state index in [0.29, 0.717) is 18.0 Å². The van der Waals surface area contributed by atoms with Gasteiger partial charge in [0.15, 0.2) is 0 Å². The summed E-state index contributed by atoms with van der Waals surface area (Å²) in [6.45, 7) is 1.26. The monoisotopic (exact) mass is 366 g/mol. The van der Waals surface area contributed by atoms with E-state index in [4.69, 9.17) is 0 Å². The van der Waals surface area contributed by atoms with E-state index in [1.165, 1.54) is 0 Å². The van der Waals surface area contributed by atoms with Crippen LogP contribution in [0.25, 0.3) is 11.1 Å². The Labute approximate surface area is 157 Å². The molecular weight excluding hydrogens is 343 g/mol. The number of hydrogen-bond acceptors (Lipinski definition) is 4. The second kappa shape index (κ2) is 7.98. The molecule has 1 aromatic carbocycles. The number of halogens is 1. The van der Waals surface area contributed by atoms with Crippen LogP contribution in [0.3, 0.4) is 0 Å². The average Bonchev–Trinajstić information content (AvgIpc) is 3.31. The highest BCUT2D eigenvalue weighted by molar-refractivity contribution is 5.63. The number of nitrogens with zero attached hydrogens (tertiary/aromatic N) is 3. The zero-order valence-corrected chi connectivity index (χ0v) is 15.0. The van der Waals surface area contributed by atoms with Crippen LogP contribution < -0.4 is 5.32 Å². The SMILES string of the molecule is O[C@@H]1CC(Cn2ccnc2)C[C@H]1NCc1ccc(-c2ccncc2)cc1F. The summed E-state index contributed by atoms with van der Waals surface area (Å²) < 4.78 is 16.5. The second-order valence-corrected chi connectivity index (χ2v) is 7.19. The summed E-state index contributed by atoms with van der Waals surface area (Å²) in [5.41, 5.74) is 2.38. The summed E-state index contributed by atoms with van der Waals surface area (Å²) in [6.07, 6.45) is 10.1. The van der Waals surface area contributed by atoms with Crippen molar-refractivity contribution in [3.8, 4) is 11.1 Å². The highest BCUT2D eigenvalue weighted by atomic mass is 19.1. The van der Waals surface area contributed by atoms with Crippen LogP contribution in [0.15, 0.2) is 61.4 Å². The van der Waals surface area contributed by atoms with Crippen molar-refractivity contribution in [1.29, 1.82) is 0 Å². The lowest BCUT2D eigenvalue weighted by atomic mass is 10.0. The molecule has 0 saturated heterocycles. The van der Waals surface area contributed by atoms with Crippen LogP contribution in [0.1, 0.15) is 18.4 Å². The van der Waals surface area contributed by atoms with Crippen molar-refractivity contribution in [2.75, 3.05) is 0 Å². The summed E-state index contributed by atoms with van der Waals surface area (Å²) in [6, 6.07) is 8.99. The van der Waals surface area contributed by atoms with Gasteiger partial charge in [-0.3, -0.25) is 4.98 Å². The summed E-state index contributed by atoms with van der Waals surface area (Å²) in [5, 5.41) is 13.7. The molecular formula is C21H23FN4O. The lowest BCUT2D eigenvalue weighted by Gasteiger charge is -2.17. The Kier molecular flexibility index (Phi) is 5.27. The minimum Gasteiger partial charge on any atom is -0.391 e. The molecule has 1 unspecified atom stereocenters. The van der Waals surface area contributed by atoms with Gasteiger partial charge >= 0.3 is 0 Å². The lowest BCUT2D eigenvalue weighted by Crippen LogP contribution is -2.35. The number of nitrogens with one attached hydrogen (secondary N) is 1. The van der Waals surface area contributed by atoms with Gasteiger partial charge in [0.25, 0.3) is 0 Å². The minimum absolute atomic E-state index is 0.0159. The number of hydrogen-bond donors (Lipinski definition) is 2. The summed E-state index contributed by atoms with van der Waals surface area (Å²) >= 11 is 0. The fourth-order valence-corrected chi connectivity index (χ4v) is 3.84. The Morgan fingerprint density at radius 1 is 1.07 bits per heavy atom. The fourth-order valence-electron chi connectivity index (χ4n) is 3.84. The first kappa shape index (κ1) is 17.8. The van der Waals surface area contributed by atoms with Gasteiger partial charge in [0.05, 0.1) is 12.4 Å². The predicted molar refractivity (Wildman–Crippen MR) is 101 cm³/mol. The molecule has 6 heteroatoms. The van der Waals surface area contributed by atoms with Crippen molar-refractivity contribution in [3.63, 3.8) is 0 Å². The molecule has 27 heavy (non-hydrogen) atoms. The molecule has 0 aliphatic heterocycles. The summed E-state index contributed by atoms with van der Waals surface area (Å²) in [5.74, 6) is 0.157. The molecule has 3 atom stereocenters. The molecule has 4 rings (SSSR count). The first-order chi connectivity index (χ1) is 13.2. The number of aromatic nitrogens is 3. The molecule has 1 aliphatic carbocycles. The van der Waals surface area contributed by atoms with Crippen LogP contribution in [0.5, 0.6) is 0 Å². The molecule has 0 bridgehead atoms. The van der Waals surface area contributed by atoms with E-state index in [1.54, 1.807) is 31.0 Å². The molecule has 140 valence electrons. The number of imidazole rings is 1. The number of rotatable bonds is 6. The van der Waals surface area contributed by atoms with Gasteiger partial charge in [-0.25, -0.2) is 9.37 Å². The third kappa shape index (κ3) is 4.23. The fraction of sp³-hybridized carbons (Fsp3) is 0.333. The van der Waals surface area contributed by atoms with E-state index in [9.17, 15) is 9.50 Å². The maximum absolute atomic E-state index is 14.5. The molecule has 0 amide bonds. The standard InChI is InChI=1S/C21H23FN4O/c22-19-11-17(16-3-5-23-6-4-16)1-2-18(19)12-25-20-9-15(10-21(20)27)13-26-8-7-24-14-26/h1-8,11,14-15,20-21,25,27H,9-10,12-13H2/t15?,20-,21-/m1/s1. The van der Waals surface area contributed by atoms with Crippen molar-refractivity contribution in [3.05, 3.63) is 72.8 Å². The number of aliphatic hydroxyl groups excluding tert-OH is 1. The minimum atomic E-state index is -0.405. The molecule has 0 radical (unpaired) electrons. The summed E-state index contributed by atoms with van der Waals surface area (Å²) in [7, 11) is 0. The second-order valence-electron chi connectivity index (χ2n) is 7.19. The van der Waals surface area contributed by atoms with Crippen LogP contribution in [0, 0.1) is 11.7 Å². The van der Waals surface area contributed by atoms with E-state index in [2.05, 4.69) is 15.3 Å². The normalized spacial score (nSPS) is 22.2. The van der Waals surface area contributed by atoms with E-state index in [-0.39, 0.29) is 11.9 Å². The highest BCUT2D eigenvalue weighted by Crippen LogP contribution is 2.28. The third-order valence-electron chi connectivity index (χ3n) is 5.28. The van der Waals surface area contributed by atoms with Crippen molar-refractivity contribution < 1.29 is 9.50 Å². The van der Waals surface area contributed by atoms with Crippen LogP contribution in [0.2, 0.25) is 0 Å². The topological polar surface area (TPSA) is 63.0 Å². The number of pyridine rings is 1. The van der Waals surface area contributed by atoms with Gasteiger partial charge in [0.2, 0.25) is 0 Å². The van der Waals surface area contributed by atoms with Gasteiger partial charge in [0, 0.05) is 49.5 Å². The third-order valence-corrected chi connectivity index (χ3v) is 5.28. The van der Waals surface area contributed by atoms with Crippen LogP contribution >= 0.6 is 0 Å². The van der Waals surface area contributed by atoms with Crippen molar-refractivity contribution in [2.45, 2.75) is 38.1 Å².